The van der Waals surface area contributed by atoms with Crippen molar-refractivity contribution >= 4 is 152 Å². The number of nitrogens with zero attached hydrogens (tertiary/aromatic N) is 1. The first-order valence-corrected chi connectivity index (χ1v) is 57.7. The molecule has 20 rings (SSSR count). The Morgan fingerprint density at radius 3 is 0.799 bits per heavy atom. The number of hydrogen-bond donors (Lipinski definition) is 4. The first-order valence-electron chi connectivity index (χ1n) is 53.9. The maximum absolute atomic E-state index is 13.8. The number of amides is 6. The van der Waals surface area contributed by atoms with Crippen molar-refractivity contribution in [3.8, 4) is 5.75 Å². The Morgan fingerprint density at radius 2 is 0.570 bits per heavy atom. The van der Waals surface area contributed by atoms with Gasteiger partial charge in [-0.2, -0.15) is 0 Å². The van der Waals surface area contributed by atoms with Crippen LogP contribution in [-0.2, 0) is 28.7 Å². The lowest BCUT2D eigenvalue weighted by Gasteiger charge is -2.47. The lowest BCUT2D eigenvalue weighted by Crippen LogP contribution is -2.43. The number of carbonyl (C=O) groups is 6. The Morgan fingerprint density at radius 1 is 0.336 bits per heavy atom. The number of halogens is 10. The van der Waals surface area contributed by atoms with Gasteiger partial charge in [0.05, 0.1) is 33.7 Å². The second-order valence-electron chi connectivity index (χ2n) is 45.8. The largest absolute Gasteiger partial charge is 0.494 e. The average Bonchev–Trinajstić information content (AvgIpc) is 1.56. The molecular weight excluding hydrogens is 2070 g/mol. The third-order valence-electron chi connectivity index (χ3n) is 36.5. The molecule has 23 heteroatoms. The smallest absolute Gasteiger partial charge is 0.417 e. The van der Waals surface area contributed by atoms with Gasteiger partial charge in [0.1, 0.15) is 11.4 Å². The van der Waals surface area contributed by atoms with E-state index in [1.54, 1.807) is 0 Å². The monoisotopic (exact) mass is 2210 g/mol. The fraction of sp³-hybridized carbons (Fsp3) is 0.476. The van der Waals surface area contributed by atoms with Crippen LogP contribution in [0.15, 0.2) is 212 Å². The Kier molecular flexibility index (Phi) is 35.3. The highest BCUT2D eigenvalue weighted by molar-refractivity contribution is 6.34. The Balaban J connectivity index is 0.000000133. The van der Waals surface area contributed by atoms with Gasteiger partial charge in [-0.05, 0) is 414 Å². The van der Waals surface area contributed by atoms with E-state index < -0.39 is 17.1 Å². The van der Waals surface area contributed by atoms with Crippen molar-refractivity contribution in [3.05, 3.63) is 340 Å². The minimum atomic E-state index is -0.681. The van der Waals surface area contributed by atoms with Gasteiger partial charge < -0.3 is 30.7 Å². The molecule has 0 unspecified atom stereocenters. The van der Waals surface area contributed by atoms with Crippen molar-refractivity contribution < 1.29 is 38.2 Å². The normalized spacial score (nSPS) is 31.0. The number of likely N-dealkylation sites (tertiary alicyclic amines) is 1. The van der Waals surface area contributed by atoms with Gasteiger partial charge in [0.2, 0.25) is 29.5 Å². The molecule has 149 heavy (non-hydrogen) atoms. The molecule has 0 radical (unpaired) electrons. The Labute approximate surface area is 933 Å². The van der Waals surface area contributed by atoms with Crippen LogP contribution in [0.4, 0.5) is 4.79 Å². The first-order chi connectivity index (χ1) is 70.8. The van der Waals surface area contributed by atoms with Gasteiger partial charge in [0.15, 0.2) is 0 Å². The second-order valence-corrected chi connectivity index (χ2v) is 50.0. The number of benzene rings is 10. The molecule has 10 aromatic carbocycles. The minimum absolute atomic E-state index is 0.0115. The molecule has 0 spiro atoms. The highest BCUT2D eigenvalue weighted by Gasteiger charge is 2.67. The van der Waals surface area contributed by atoms with Crippen molar-refractivity contribution in [2.75, 3.05) is 6.61 Å². The first kappa shape index (κ1) is 113. The van der Waals surface area contributed by atoms with Crippen LogP contribution in [-0.4, -0.2) is 82.9 Å². The lowest BCUT2D eigenvalue weighted by molar-refractivity contribution is -0.137. The molecule has 25 atom stereocenters. The standard InChI is InChI=1S/C28H33Cl2NO3.C26H31Cl2NO2.3C24H27Cl2NO/c1-16-7-12-20(22(30)15-16)21-13-14-28(6)24(23(21)18-8-10-19(29)11-9-18)17(2)31(25(28)32)26(33)34-27(3,4)5;1-4-14-31-19-10-11-20(22(28)15-19)21-12-13-26(5-2)24(16(3)29-25(26)30)23(21)17-6-8-18(27)9-7-17;3*1-4-24-12-11-19(18-10-5-14(2)13-20(18)26)21(16-6-8-17(25)9-7-16)22(24)15(3)27-23(24)28/h7-12,15,17,21,23-24H,13-14H2,1-6H3;6-11,15-16,21,23-24H,4-5,12-14H2,1-3H3,(H,29,30);3*5-10,13,15,19,21-22H,4,11-12H2,1-3H3,(H,27,28)/t17-,21+,23+,24+,28-;16-,21+,23+,24+,26-;3*15-,19+,21+,22+,24-/m11111/s1. The molecule has 5 aliphatic carbocycles. The molecule has 5 saturated carbocycles. The van der Waals surface area contributed by atoms with E-state index >= 15 is 0 Å². The van der Waals surface area contributed by atoms with Gasteiger partial charge in [-0.3, -0.25) is 24.0 Å². The molecule has 10 aromatic rings. The number of fused-ring (bicyclic) bond motifs is 5. The highest BCUT2D eigenvalue weighted by atomic mass is 35.5. The van der Waals surface area contributed by atoms with Gasteiger partial charge in [-0.25, -0.2) is 9.69 Å². The van der Waals surface area contributed by atoms with Gasteiger partial charge in [-0.1, -0.05) is 273 Å². The topological polar surface area (TPSA) is 172 Å². The van der Waals surface area contributed by atoms with E-state index in [0.717, 1.165) is 163 Å². The lowest BCUT2D eigenvalue weighted by atomic mass is 9.54. The number of imide groups is 1. The summed E-state index contributed by atoms with van der Waals surface area (Å²) in [7, 11) is 0. The van der Waals surface area contributed by atoms with Crippen molar-refractivity contribution in [1.29, 1.82) is 0 Å². The summed E-state index contributed by atoms with van der Waals surface area (Å²) in [6.07, 6.45) is 12.7. The van der Waals surface area contributed by atoms with Gasteiger partial charge in [-0.15, -0.1) is 0 Å². The van der Waals surface area contributed by atoms with E-state index in [2.05, 4.69) is 226 Å². The van der Waals surface area contributed by atoms with Gasteiger partial charge in [0, 0.05) is 110 Å². The number of aryl methyl sites for hydroxylation is 4. The van der Waals surface area contributed by atoms with Crippen LogP contribution in [0, 0.1) is 84.4 Å². The average molecular weight is 2210 g/mol. The maximum Gasteiger partial charge on any atom is 0.417 e. The molecule has 6 amide bonds. The van der Waals surface area contributed by atoms with E-state index in [4.69, 9.17) is 125 Å². The molecular formula is C126H145Cl10N5O8. The van der Waals surface area contributed by atoms with Crippen LogP contribution >= 0.6 is 116 Å². The summed E-state index contributed by atoms with van der Waals surface area (Å²) < 4.78 is 11.4. The van der Waals surface area contributed by atoms with Crippen molar-refractivity contribution in [3.63, 3.8) is 0 Å². The van der Waals surface area contributed by atoms with Crippen LogP contribution in [0.25, 0.3) is 0 Å². The molecule has 5 saturated heterocycles. The van der Waals surface area contributed by atoms with Crippen molar-refractivity contribution in [2.24, 2.45) is 56.7 Å². The Bertz CT molecular complexity index is 6190. The van der Waals surface area contributed by atoms with Crippen LogP contribution in [0.1, 0.15) is 330 Å². The zero-order chi connectivity index (χ0) is 107. The van der Waals surface area contributed by atoms with Crippen LogP contribution < -0.4 is 26.0 Å². The Hall–Kier alpha value is -8.28. The SMILES string of the molecule is CCCOc1ccc([C@@H]2CC[C@@]3(CC)C(=O)N[C@H](C)[C@H]3[C@H]2c2ccc(Cl)cc2)c(Cl)c1.CC[C@@]12CC[C@@H](c3ccc(C)cc3Cl)[C@H](c3ccc(Cl)cc3)[C@@H]1[C@@H](C)NC2=O.CC[C@@]12CC[C@@H](c3ccc(C)cc3Cl)[C@H](c3ccc(Cl)cc3)[C@@H]1[C@@H](C)NC2=O.CC[C@@]12CC[C@@H](c3ccc(C)cc3Cl)[C@H](c3ccc(Cl)cc3)[C@@H]1[C@@H](C)NC2=O.Cc1ccc([C@@H]2CC[C@@]3(C)C(=O)N(C(=O)OC(C)(C)C)[C@H](C)[C@H]3[C@H]2c2ccc(Cl)cc2)c(Cl)c1. The van der Waals surface area contributed by atoms with E-state index in [1.165, 1.54) is 60.5 Å². The number of hydrogen-bond acceptors (Lipinski definition) is 8. The van der Waals surface area contributed by atoms with Crippen molar-refractivity contribution in [1.82, 2.24) is 26.2 Å². The van der Waals surface area contributed by atoms with Gasteiger partial charge >= 0.3 is 6.09 Å². The molecule has 5 heterocycles. The van der Waals surface area contributed by atoms with Crippen LogP contribution in [0.5, 0.6) is 5.75 Å². The highest BCUT2D eigenvalue weighted by Crippen LogP contribution is 2.68. The number of carbonyl (C=O) groups excluding carboxylic acids is 6. The summed E-state index contributed by atoms with van der Waals surface area (Å²) in [6.45, 7) is 37.7. The summed E-state index contributed by atoms with van der Waals surface area (Å²) in [5.41, 5.74) is 13.9. The minimum Gasteiger partial charge on any atom is -0.494 e. The molecule has 4 N–H and O–H groups in total. The fourth-order valence-corrected chi connectivity index (χ4v) is 32.1. The molecule has 10 fully saturated rings. The summed E-state index contributed by atoms with van der Waals surface area (Å²) in [5.74, 6) is 4.40. The summed E-state index contributed by atoms with van der Waals surface area (Å²) in [5, 5.41) is 20.6. The number of ether oxygens (including phenoxy) is 2. The molecule has 792 valence electrons. The van der Waals surface area contributed by atoms with E-state index in [9.17, 15) is 28.8 Å². The van der Waals surface area contributed by atoms with E-state index in [1.807, 2.05) is 133 Å². The van der Waals surface area contributed by atoms with E-state index in [-0.39, 0.29) is 170 Å². The van der Waals surface area contributed by atoms with Crippen LogP contribution in [0.3, 0.4) is 0 Å². The molecule has 5 aliphatic heterocycles. The van der Waals surface area contributed by atoms with Gasteiger partial charge in [0.25, 0.3) is 0 Å². The predicted octanol–water partition coefficient (Wildman–Crippen LogP) is 34.2. The molecule has 10 aliphatic rings. The molecule has 0 bridgehead atoms. The van der Waals surface area contributed by atoms with Crippen molar-refractivity contribution in [2.45, 2.75) is 316 Å². The quantitative estimate of drug-likeness (QED) is 0.0697. The second kappa shape index (κ2) is 46.4. The zero-order valence-corrected chi connectivity index (χ0v) is 96.6. The zero-order valence-electron chi connectivity index (χ0n) is 89.1. The molecule has 0 aromatic heterocycles. The fourth-order valence-electron chi connectivity index (χ4n) is 29.6. The third-order valence-corrected chi connectivity index (χ3v) is 39.4. The number of rotatable bonds is 17. The summed E-state index contributed by atoms with van der Waals surface area (Å²) >= 11 is 64.7. The predicted molar refractivity (Wildman–Crippen MR) is 612 cm³/mol. The summed E-state index contributed by atoms with van der Waals surface area (Å²) in [6, 6.07) is 72.2. The maximum atomic E-state index is 13.8. The molecule has 13 nitrogen and oxygen atoms in total. The number of nitrogens with one attached hydrogen (secondary N) is 4. The summed E-state index contributed by atoms with van der Waals surface area (Å²) in [4.78, 5) is 80.3. The van der Waals surface area contributed by atoms with Crippen LogP contribution in [0.2, 0.25) is 50.2 Å². The third kappa shape index (κ3) is 22.2. The van der Waals surface area contributed by atoms with E-state index in [0.29, 0.717) is 18.1 Å².